The van der Waals surface area contributed by atoms with Crippen molar-refractivity contribution in [2.24, 2.45) is 39.4 Å². The lowest BCUT2D eigenvalue weighted by Crippen LogP contribution is -2.59. The molecule has 7 nitrogen and oxygen atoms in total. The summed E-state index contributed by atoms with van der Waals surface area (Å²) in [5.41, 5.74) is -1.43. The molecule has 0 aromatic heterocycles. The monoisotopic (exact) mass is 512 g/mol. The van der Waals surface area contributed by atoms with Gasteiger partial charge in [0.05, 0.1) is 17.4 Å². The molecule has 2 fully saturated rings. The standard InChI is InChI=1S/C30H40O7/c1-15(10-17(31)11-16(2)26(36)37)18-12-23(35)30(7)25-19(32)13-21-27(3,4)22(34)8-9-28(21,5)24(25)20(33)14-29(18,30)6/h10,16,18-19,21,32H,8-9,11-14H2,1-7H3,(H,36,37)/b15-10+/t16?,18-,19?,21+,28+,29-,30+/m1/s1. The van der Waals surface area contributed by atoms with Gasteiger partial charge in [-0.05, 0) is 55.6 Å². The first-order valence-electron chi connectivity index (χ1n) is 13.4. The summed E-state index contributed by atoms with van der Waals surface area (Å²) in [6.45, 7) is 12.9. The first-order chi connectivity index (χ1) is 16.9. The van der Waals surface area contributed by atoms with Crippen molar-refractivity contribution < 1.29 is 34.2 Å². The Morgan fingerprint density at radius 1 is 1.08 bits per heavy atom. The van der Waals surface area contributed by atoms with E-state index in [1.165, 1.54) is 13.0 Å². The van der Waals surface area contributed by atoms with Crippen LogP contribution in [-0.2, 0) is 24.0 Å². The minimum absolute atomic E-state index is 0.0497. The highest BCUT2D eigenvalue weighted by molar-refractivity contribution is 6.06. The molecule has 0 spiro atoms. The first-order valence-corrected chi connectivity index (χ1v) is 13.4. The van der Waals surface area contributed by atoms with Crippen molar-refractivity contribution >= 4 is 29.1 Å². The topological polar surface area (TPSA) is 126 Å². The van der Waals surface area contributed by atoms with Crippen LogP contribution in [0.5, 0.6) is 0 Å². The minimum Gasteiger partial charge on any atom is -0.481 e. The van der Waals surface area contributed by atoms with Crippen molar-refractivity contribution in [3.05, 3.63) is 22.8 Å². The van der Waals surface area contributed by atoms with Crippen LogP contribution in [0.3, 0.4) is 0 Å². The molecule has 4 aliphatic carbocycles. The number of hydrogen-bond acceptors (Lipinski definition) is 6. The van der Waals surface area contributed by atoms with Crippen molar-refractivity contribution in [2.45, 2.75) is 93.1 Å². The molecule has 7 heteroatoms. The molecule has 2 saturated carbocycles. The van der Waals surface area contributed by atoms with E-state index in [-0.39, 0.29) is 54.2 Å². The number of fused-ring (bicyclic) bond motifs is 4. The van der Waals surface area contributed by atoms with Gasteiger partial charge in [-0.2, -0.15) is 0 Å². The van der Waals surface area contributed by atoms with Gasteiger partial charge in [0.15, 0.2) is 11.6 Å². The van der Waals surface area contributed by atoms with Crippen LogP contribution in [-0.4, -0.2) is 45.4 Å². The van der Waals surface area contributed by atoms with Gasteiger partial charge >= 0.3 is 5.97 Å². The highest BCUT2D eigenvalue weighted by atomic mass is 16.4. The second-order valence-electron chi connectivity index (χ2n) is 13.3. The number of carbonyl (C=O) groups excluding carboxylic acids is 4. The van der Waals surface area contributed by atoms with E-state index < -0.39 is 39.7 Å². The number of aliphatic hydroxyl groups excluding tert-OH is 1. The van der Waals surface area contributed by atoms with E-state index in [1.807, 2.05) is 34.6 Å². The van der Waals surface area contributed by atoms with Crippen molar-refractivity contribution in [1.82, 2.24) is 0 Å². The lowest BCUT2D eigenvalue weighted by atomic mass is 9.42. The number of Topliss-reactive ketones (excluding diaryl/α,β-unsaturated/α-hetero) is 3. The normalized spacial score (nSPS) is 40.2. The summed E-state index contributed by atoms with van der Waals surface area (Å²) in [6, 6.07) is 0. The number of aliphatic hydroxyl groups is 1. The van der Waals surface area contributed by atoms with Gasteiger partial charge in [0.2, 0.25) is 0 Å². The number of aliphatic carboxylic acids is 1. The number of carbonyl (C=O) groups is 5. The SMILES string of the molecule is C/C(=C\C(=O)CC(C)C(=O)O)[C@H]1CC(=O)[C@@]2(C)C3=C(C(=O)C[C@]12C)[C@@]1(C)CCC(=O)C(C)(C)[C@@H]1CC3O. The molecule has 0 aromatic carbocycles. The maximum absolute atomic E-state index is 14.0. The molecule has 0 bridgehead atoms. The number of allylic oxidation sites excluding steroid dienone is 3. The molecule has 0 amide bonds. The number of hydrogen-bond donors (Lipinski definition) is 2. The van der Waals surface area contributed by atoms with Crippen molar-refractivity contribution in [2.75, 3.05) is 0 Å². The zero-order valence-corrected chi connectivity index (χ0v) is 23.1. The van der Waals surface area contributed by atoms with Crippen molar-refractivity contribution in [1.29, 1.82) is 0 Å². The minimum atomic E-state index is -1.08. The molecule has 0 radical (unpaired) electrons. The summed E-state index contributed by atoms with van der Waals surface area (Å²) in [4.78, 5) is 64.5. The second-order valence-corrected chi connectivity index (χ2v) is 13.3. The van der Waals surface area contributed by atoms with E-state index in [4.69, 9.17) is 5.11 Å². The third-order valence-corrected chi connectivity index (χ3v) is 10.9. The molecule has 37 heavy (non-hydrogen) atoms. The molecular weight excluding hydrogens is 472 g/mol. The predicted octanol–water partition coefficient (Wildman–Crippen LogP) is 4.26. The molecule has 0 heterocycles. The first kappa shape index (κ1) is 27.6. The summed E-state index contributed by atoms with van der Waals surface area (Å²) in [7, 11) is 0. The molecule has 0 aliphatic heterocycles. The molecule has 0 aromatic rings. The van der Waals surface area contributed by atoms with Gasteiger partial charge in [-0.1, -0.05) is 40.2 Å². The van der Waals surface area contributed by atoms with Gasteiger partial charge in [0.25, 0.3) is 0 Å². The largest absolute Gasteiger partial charge is 0.481 e. The van der Waals surface area contributed by atoms with Crippen molar-refractivity contribution in [3.63, 3.8) is 0 Å². The van der Waals surface area contributed by atoms with E-state index in [0.717, 1.165) is 0 Å². The highest BCUT2D eigenvalue weighted by Gasteiger charge is 2.70. The van der Waals surface area contributed by atoms with E-state index in [0.29, 0.717) is 36.0 Å². The molecule has 4 aliphatic rings. The fraction of sp³-hybridized carbons (Fsp3) is 0.700. The van der Waals surface area contributed by atoms with Crippen LogP contribution >= 0.6 is 0 Å². The maximum Gasteiger partial charge on any atom is 0.306 e. The fourth-order valence-corrected chi connectivity index (χ4v) is 8.51. The van der Waals surface area contributed by atoms with Gasteiger partial charge in [-0.15, -0.1) is 0 Å². The summed E-state index contributed by atoms with van der Waals surface area (Å²) < 4.78 is 0. The predicted molar refractivity (Wildman–Crippen MR) is 136 cm³/mol. The van der Waals surface area contributed by atoms with Crippen LogP contribution in [0.25, 0.3) is 0 Å². The third-order valence-electron chi connectivity index (χ3n) is 10.9. The van der Waals surface area contributed by atoms with Gasteiger partial charge in [-0.25, -0.2) is 0 Å². The number of carboxylic acid groups (broad SMARTS) is 1. The van der Waals surface area contributed by atoms with E-state index in [2.05, 4.69) is 0 Å². The number of carboxylic acids is 1. The lowest BCUT2D eigenvalue weighted by molar-refractivity contribution is -0.146. The zero-order chi connectivity index (χ0) is 27.9. The van der Waals surface area contributed by atoms with Crippen LogP contribution in [0.15, 0.2) is 22.8 Å². The molecule has 4 rings (SSSR count). The van der Waals surface area contributed by atoms with E-state index in [9.17, 15) is 29.1 Å². The Labute approximate surface area is 218 Å². The Bertz CT molecular complexity index is 1170. The van der Waals surface area contributed by atoms with E-state index in [1.54, 1.807) is 6.92 Å². The molecule has 202 valence electrons. The Balaban J connectivity index is 1.81. The Kier molecular flexibility index (Phi) is 6.38. The molecule has 2 unspecified atom stereocenters. The van der Waals surface area contributed by atoms with Crippen LogP contribution < -0.4 is 0 Å². The smallest absolute Gasteiger partial charge is 0.306 e. The lowest BCUT2D eigenvalue weighted by Gasteiger charge is -2.60. The highest BCUT2D eigenvalue weighted by Crippen LogP contribution is 2.70. The maximum atomic E-state index is 14.0. The summed E-state index contributed by atoms with van der Waals surface area (Å²) in [5.74, 6) is -2.74. The number of rotatable bonds is 5. The summed E-state index contributed by atoms with van der Waals surface area (Å²) in [6.07, 6.45) is 1.78. The molecule has 0 saturated heterocycles. The van der Waals surface area contributed by atoms with Crippen LogP contribution in [0.1, 0.15) is 87.0 Å². The quantitative estimate of drug-likeness (QED) is 0.527. The molecule has 7 atom stereocenters. The molecular formula is C30H40O7. The molecule has 2 N–H and O–H groups in total. The summed E-state index contributed by atoms with van der Waals surface area (Å²) in [5, 5.41) is 20.7. The Hall–Kier alpha value is -2.41. The third kappa shape index (κ3) is 3.67. The van der Waals surface area contributed by atoms with E-state index >= 15 is 0 Å². The van der Waals surface area contributed by atoms with Crippen molar-refractivity contribution in [3.8, 4) is 0 Å². The Morgan fingerprint density at radius 3 is 2.30 bits per heavy atom. The van der Waals surface area contributed by atoms with Gasteiger partial charge in [0, 0.05) is 42.1 Å². The van der Waals surface area contributed by atoms with Gasteiger partial charge in [-0.3, -0.25) is 24.0 Å². The van der Waals surface area contributed by atoms with Gasteiger partial charge < -0.3 is 10.2 Å². The van der Waals surface area contributed by atoms with Crippen LogP contribution in [0, 0.1) is 39.4 Å². The van der Waals surface area contributed by atoms with Crippen LogP contribution in [0.4, 0.5) is 0 Å². The average Bonchev–Trinajstić information content (AvgIpc) is 2.99. The van der Waals surface area contributed by atoms with Gasteiger partial charge in [0.1, 0.15) is 11.6 Å². The fourth-order valence-electron chi connectivity index (χ4n) is 8.51. The Morgan fingerprint density at radius 2 is 1.70 bits per heavy atom. The second kappa shape index (κ2) is 8.55. The summed E-state index contributed by atoms with van der Waals surface area (Å²) >= 11 is 0. The average molecular weight is 513 g/mol. The number of ketones is 4. The van der Waals surface area contributed by atoms with Crippen LogP contribution in [0.2, 0.25) is 0 Å². The zero-order valence-electron chi connectivity index (χ0n) is 23.1.